The van der Waals surface area contributed by atoms with Gasteiger partial charge >= 0.3 is 0 Å². The van der Waals surface area contributed by atoms with Gasteiger partial charge in [0.1, 0.15) is 5.82 Å². The molecule has 2 heterocycles. The predicted molar refractivity (Wildman–Crippen MR) is 95.0 cm³/mol. The van der Waals surface area contributed by atoms with Crippen LogP contribution >= 0.6 is 23.4 Å². The SMILES string of the molecule is C[C@H](Sc1n[nH]c(-c2ccccc2F)n1)C(=O)Nc1cccnc1Cl. The molecule has 1 atom stereocenters. The summed E-state index contributed by atoms with van der Waals surface area (Å²) in [7, 11) is 0. The molecular formula is C16H13ClFN5OS. The van der Waals surface area contributed by atoms with Crippen LogP contribution in [0.3, 0.4) is 0 Å². The number of H-pyrrole nitrogens is 1. The Morgan fingerprint density at radius 1 is 1.32 bits per heavy atom. The number of nitrogens with zero attached hydrogens (tertiary/aromatic N) is 3. The molecule has 1 amide bonds. The summed E-state index contributed by atoms with van der Waals surface area (Å²) in [4.78, 5) is 20.4. The van der Waals surface area contributed by atoms with Gasteiger partial charge in [0, 0.05) is 6.20 Å². The molecule has 0 aliphatic rings. The van der Waals surface area contributed by atoms with E-state index >= 15 is 0 Å². The van der Waals surface area contributed by atoms with Gasteiger partial charge in [-0.15, -0.1) is 5.10 Å². The van der Waals surface area contributed by atoms with Gasteiger partial charge in [-0.05, 0) is 31.2 Å². The number of amides is 1. The molecule has 0 saturated heterocycles. The average Bonchev–Trinajstić information content (AvgIpc) is 3.05. The summed E-state index contributed by atoms with van der Waals surface area (Å²) < 4.78 is 13.8. The molecule has 0 fully saturated rings. The minimum Gasteiger partial charge on any atom is -0.322 e. The molecule has 0 aliphatic carbocycles. The Bertz CT molecular complexity index is 903. The number of benzene rings is 1. The second-order valence-corrected chi connectivity index (χ2v) is 6.70. The van der Waals surface area contributed by atoms with Gasteiger partial charge in [0.05, 0.1) is 16.5 Å². The first kappa shape index (κ1) is 17.4. The summed E-state index contributed by atoms with van der Waals surface area (Å²) in [5.41, 5.74) is 0.754. The van der Waals surface area contributed by atoms with Gasteiger partial charge in [-0.1, -0.05) is 35.5 Å². The molecule has 0 unspecified atom stereocenters. The average molecular weight is 378 g/mol. The first-order chi connectivity index (χ1) is 12.0. The summed E-state index contributed by atoms with van der Waals surface area (Å²) in [5, 5.41) is 9.48. The Morgan fingerprint density at radius 2 is 2.12 bits per heavy atom. The van der Waals surface area contributed by atoms with E-state index in [4.69, 9.17) is 11.6 Å². The van der Waals surface area contributed by atoms with Crippen LogP contribution in [-0.4, -0.2) is 31.3 Å². The molecule has 0 radical (unpaired) electrons. The van der Waals surface area contributed by atoms with Crippen molar-refractivity contribution in [2.24, 2.45) is 0 Å². The summed E-state index contributed by atoms with van der Waals surface area (Å²) in [5.74, 6) is -0.354. The van der Waals surface area contributed by atoms with E-state index < -0.39 is 11.1 Å². The van der Waals surface area contributed by atoms with Crippen LogP contribution < -0.4 is 5.32 Å². The largest absolute Gasteiger partial charge is 0.322 e. The van der Waals surface area contributed by atoms with Crippen molar-refractivity contribution in [1.82, 2.24) is 20.2 Å². The molecule has 3 rings (SSSR count). The molecule has 25 heavy (non-hydrogen) atoms. The van der Waals surface area contributed by atoms with E-state index in [1.165, 1.54) is 12.3 Å². The molecule has 1 aromatic carbocycles. The summed E-state index contributed by atoms with van der Waals surface area (Å²) in [6, 6.07) is 9.59. The minimum absolute atomic E-state index is 0.216. The lowest BCUT2D eigenvalue weighted by molar-refractivity contribution is -0.115. The normalized spacial score (nSPS) is 12.0. The Morgan fingerprint density at radius 3 is 2.88 bits per heavy atom. The number of pyridine rings is 1. The van der Waals surface area contributed by atoms with Crippen molar-refractivity contribution in [1.29, 1.82) is 0 Å². The van der Waals surface area contributed by atoms with E-state index in [0.29, 0.717) is 22.2 Å². The third-order valence-corrected chi connectivity index (χ3v) is 4.52. The first-order valence-electron chi connectivity index (χ1n) is 7.30. The van der Waals surface area contributed by atoms with Crippen LogP contribution in [0, 0.1) is 5.82 Å². The molecule has 2 aromatic heterocycles. The number of hydrogen-bond donors (Lipinski definition) is 2. The van der Waals surface area contributed by atoms with Crippen molar-refractivity contribution in [2.75, 3.05) is 5.32 Å². The first-order valence-corrected chi connectivity index (χ1v) is 8.55. The lowest BCUT2D eigenvalue weighted by Crippen LogP contribution is -2.22. The summed E-state index contributed by atoms with van der Waals surface area (Å²) in [6.45, 7) is 1.71. The van der Waals surface area contributed by atoms with Crippen LogP contribution in [0.5, 0.6) is 0 Å². The molecule has 0 aliphatic heterocycles. The lowest BCUT2D eigenvalue weighted by Gasteiger charge is -2.10. The number of carbonyl (C=O) groups is 1. The second-order valence-electron chi connectivity index (χ2n) is 5.04. The van der Waals surface area contributed by atoms with E-state index in [0.717, 1.165) is 11.8 Å². The molecule has 0 bridgehead atoms. The van der Waals surface area contributed by atoms with E-state index in [1.54, 1.807) is 37.3 Å². The highest BCUT2D eigenvalue weighted by Gasteiger charge is 2.19. The highest BCUT2D eigenvalue weighted by molar-refractivity contribution is 8.00. The number of nitrogens with one attached hydrogen (secondary N) is 2. The minimum atomic E-state index is -0.486. The van der Waals surface area contributed by atoms with Crippen LogP contribution in [0.15, 0.2) is 47.8 Å². The summed E-state index contributed by atoms with van der Waals surface area (Å²) >= 11 is 7.07. The third kappa shape index (κ3) is 4.15. The fourth-order valence-electron chi connectivity index (χ4n) is 2.00. The maximum atomic E-state index is 13.8. The molecular weight excluding hydrogens is 365 g/mol. The number of rotatable bonds is 5. The smallest absolute Gasteiger partial charge is 0.237 e. The van der Waals surface area contributed by atoms with Crippen LogP contribution in [0.1, 0.15) is 6.92 Å². The van der Waals surface area contributed by atoms with Crippen molar-refractivity contribution in [3.05, 3.63) is 53.6 Å². The Labute approximate surface area is 152 Å². The quantitative estimate of drug-likeness (QED) is 0.522. The van der Waals surface area contributed by atoms with Crippen LogP contribution in [0.4, 0.5) is 10.1 Å². The molecule has 128 valence electrons. The van der Waals surface area contributed by atoms with Crippen LogP contribution in [0.2, 0.25) is 5.15 Å². The number of hydrogen-bond acceptors (Lipinski definition) is 5. The van der Waals surface area contributed by atoms with Crippen molar-refractivity contribution in [3.63, 3.8) is 0 Å². The van der Waals surface area contributed by atoms with Gasteiger partial charge in [0.25, 0.3) is 0 Å². The van der Waals surface area contributed by atoms with E-state index in [2.05, 4.69) is 25.5 Å². The molecule has 9 heteroatoms. The standard InChI is InChI=1S/C16H13ClFN5OS/c1-9(15(24)20-12-7-4-8-19-13(12)17)25-16-21-14(22-23-16)10-5-2-3-6-11(10)18/h2-9H,1H3,(H,20,24)(H,21,22,23)/t9-/m0/s1. The van der Waals surface area contributed by atoms with Gasteiger partial charge < -0.3 is 5.32 Å². The predicted octanol–water partition coefficient (Wildman–Crippen LogP) is 3.78. The number of thioether (sulfide) groups is 1. The zero-order chi connectivity index (χ0) is 17.8. The van der Waals surface area contributed by atoms with Gasteiger partial charge in [0.2, 0.25) is 11.1 Å². The number of halogens is 2. The number of carbonyl (C=O) groups excluding carboxylic acids is 1. The topological polar surface area (TPSA) is 83.6 Å². The van der Waals surface area contributed by atoms with E-state index in [9.17, 15) is 9.18 Å². The third-order valence-electron chi connectivity index (χ3n) is 3.26. The fourth-order valence-corrected chi connectivity index (χ4v) is 2.89. The number of aromatic nitrogens is 4. The highest BCUT2D eigenvalue weighted by atomic mass is 35.5. The molecule has 0 saturated carbocycles. The zero-order valence-electron chi connectivity index (χ0n) is 13.0. The lowest BCUT2D eigenvalue weighted by atomic mass is 10.2. The van der Waals surface area contributed by atoms with E-state index in [-0.39, 0.29) is 11.1 Å². The Balaban J connectivity index is 1.67. The van der Waals surface area contributed by atoms with Crippen LogP contribution in [-0.2, 0) is 4.79 Å². The van der Waals surface area contributed by atoms with Gasteiger partial charge in [-0.3, -0.25) is 9.89 Å². The van der Waals surface area contributed by atoms with Crippen molar-refractivity contribution in [2.45, 2.75) is 17.3 Å². The zero-order valence-corrected chi connectivity index (χ0v) is 14.6. The van der Waals surface area contributed by atoms with Gasteiger partial charge in [-0.2, -0.15) is 0 Å². The van der Waals surface area contributed by atoms with Gasteiger partial charge in [-0.25, -0.2) is 14.4 Å². The molecule has 0 spiro atoms. The van der Waals surface area contributed by atoms with E-state index in [1.807, 2.05) is 0 Å². The van der Waals surface area contributed by atoms with Crippen molar-refractivity contribution >= 4 is 35.0 Å². The maximum absolute atomic E-state index is 13.8. The van der Waals surface area contributed by atoms with Crippen molar-refractivity contribution in [3.8, 4) is 11.4 Å². The Hall–Kier alpha value is -2.45. The molecule has 3 aromatic rings. The fraction of sp³-hybridized carbons (Fsp3) is 0.125. The molecule has 2 N–H and O–H groups in total. The number of anilines is 1. The van der Waals surface area contributed by atoms with Crippen LogP contribution in [0.25, 0.3) is 11.4 Å². The van der Waals surface area contributed by atoms with Crippen molar-refractivity contribution < 1.29 is 9.18 Å². The van der Waals surface area contributed by atoms with Gasteiger partial charge in [0.15, 0.2) is 11.0 Å². The summed E-state index contributed by atoms with van der Waals surface area (Å²) in [6.07, 6.45) is 1.54. The monoisotopic (exact) mass is 377 g/mol. The second kappa shape index (κ2) is 7.62. The maximum Gasteiger partial charge on any atom is 0.237 e. The highest BCUT2D eigenvalue weighted by Crippen LogP contribution is 2.25. The molecule has 6 nitrogen and oxygen atoms in total. The Kier molecular flexibility index (Phi) is 5.30. The number of aromatic amines is 1.